The second kappa shape index (κ2) is 10.3. The maximum atomic E-state index is 13.2. The van der Waals surface area contributed by atoms with Gasteiger partial charge in [0.15, 0.2) is 5.69 Å². The van der Waals surface area contributed by atoms with Crippen molar-refractivity contribution in [3.8, 4) is 16.9 Å². The first-order chi connectivity index (χ1) is 16.9. The van der Waals surface area contributed by atoms with E-state index in [1.54, 1.807) is 48.4 Å². The predicted octanol–water partition coefficient (Wildman–Crippen LogP) is 5.24. The Morgan fingerprint density at radius 1 is 1.14 bits per heavy atom. The molecule has 4 rings (SSSR count). The maximum absolute atomic E-state index is 13.2. The van der Waals surface area contributed by atoms with E-state index in [9.17, 15) is 14.4 Å². The third kappa shape index (κ3) is 4.78. The molecule has 0 aliphatic rings. The Balaban J connectivity index is 1.77. The van der Waals surface area contributed by atoms with E-state index >= 15 is 0 Å². The molecular formula is C25H22ClN3O5S. The van der Waals surface area contributed by atoms with Gasteiger partial charge >= 0.3 is 5.97 Å². The minimum absolute atomic E-state index is 0.165. The summed E-state index contributed by atoms with van der Waals surface area (Å²) in [7, 11) is 1.57. The average Bonchev–Trinajstić information content (AvgIpc) is 3.28. The molecule has 0 saturated carbocycles. The van der Waals surface area contributed by atoms with Gasteiger partial charge < -0.3 is 14.8 Å². The number of benzene rings is 2. The number of hydrogen-bond donors (Lipinski definition) is 1. The summed E-state index contributed by atoms with van der Waals surface area (Å²) < 4.78 is 12.0. The first-order valence-electron chi connectivity index (χ1n) is 10.8. The van der Waals surface area contributed by atoms with Crippen molar-refractivity contribution in [1.82, 2.24) is 9.78 Å². The molecule has 0 aliphatic carbocycles. The average molecular weight is 512 g/mol. The van der Waals surface area contributed by atoms with E-state index in [0.29, 0.717) is 28.4 Å². The van der Waals surface area contributed by atoms with Gasteiger partial charge in [-0.2, -0.15) is 5.10 Å². The third-order valence-electron chi connectivity index (χ3n) is 5.33. The van der Waals surface area contributed by atoms with Crippen molar-refractivity contribution < 1.29 is 19.1 Å². The zero-order valence-electron chi connectivity index (χ0n) is 19.3. The Morgan fingerprint density at radius 2 is 1.89 bits per heavy atom. The number of anilines is 1. The van der Waals surface area contributed by atoms with Crippen LogP contribution < -0.4 is 15.5 Å². The van der Waals surface area contributed by atoms with Crippen LogP contribution >= 0.6 is 22.9 Å². The maximum Gasteiger partial charge on any atom is 0.341 e. The molecule has 2 aromatic carbocycles. The predicted molar refractivity (Wildman–Crippen MR) is 137 cm³/mol. The highest BCUT2D eigenvalue weighted by Gasteiger charge is 2.25. The number of esters is 1. The Kier molecular flexibility index (Phi) is 7.18. The molecule has 0 atom stereocenters. The number of aryl methyl sites for hydroxylation is 1. The van der Waals surface area contributed by atoms with Gasteiger partial charge in [0.1, 0.15) is 16.3 Å². The molecular weight excluding hydrogens is 490 g/mol. The molecule has 0 radical (unpaired) electrons. The number of hydrogen-bond acceptors (Lipinski definition) is 7. The lowest BCUT2D eigenvalue weighted by molar-refractivity contribution is 0.0529. The first-order valence-corrected chi connectivity index (χ1v) is 12.1. The second-order valence-corrected chi connectivity index (χ2v) is 8.73. The van der Waals surface area contributed by atoms with Crippen molar-refractivity contribution in [1.29, 1.82) is 0 Å². The van der Waals surface area contributed by atoms with Crippen LogP contribution in [0.3, 0.4) is 0 Å². The van der Waals surface area contributed by atoms with Gasteiger partial charge in [-0.1, -0.05) is 23.7 Å². The fourth-order valence-electron chi connectivity index (χ4n) is 3.65. The molecule has 180 valence electrons. The highest BCUT2D eigenvalue weighted by Crippen LogP contribution is 2.37. The molecule has 8 nitrogen and oxygen atoms in total. The van der Waals surface area contributed by atoms with Crippen LogP contribution in [-0.4, -0.2) is 35.4 Å². The largest absolute Gasteiger partial charge is 0.497 e. The Labute approximate surface area is 210 Å². The van der Waals surface area contributed by atoms with Crippen LogP contribution in [0.4, 0.5) is 5.00 Å². The summed E-state index contributed by atoms with van der Waals surface area (Å²) in [6, 6.07) is 12.0. The number of thiophene rings is 1. The Bertz CT molecular complexity index is 1480. The summed E-state index contributed by atoms with van der Waals surface area (Å²) in [5.41, 5.74) is 1.27. The molecule has 1 amide bonds. The fourth-order valence-corrected chi connectivity index (χ4v) is 4.78. The van der Waals surface area contributed by atoms with Crippen LogP contribution in [0.15, 0.2) is 52.6 Å². The van der Waals surface area contributed by atoms with Gasteiger partial charge in [-0.05, 0) is 49.7 Å². The number of halogens is 1. The molecule has 0 saturated heterocycles. The standard InChI is InChI=1S/C25H22ClN3O5S/c1-4-29-19-11-8-15(26)12-17(19)22(30)21(28-29)23(31)27-24-20(25(32)34-5-2)18(13-35-24)14-6-9-16(33-3)10-7-14/h6-13H,4-5H2,1-3H3,(H,27,31). The lowest BCUT2D eigenvalue weighted by atomic mass is 10.0. The zero-order chi connectivity index (χ0) is 25.1. The minimum Gasteiger partial charge on any atom is -0.497 e. The van der Waals surface area contributed by atoms with Gasteiger partial charge in [0.25, 0.3) is 5.91 Å². The van der Waals surface area contributed by atoms with Crippen molar-refractivity contribution >= 4 is 50.7 Å². The van der Waals surface area contributed by atoms with Gasteiger partial charge in [-0.25, -0.2) is 4.79 Å². The van der Waals surface area contributed by atoms with E-state index in [-0.39, 0.29) is 28.3 Å². The van der Waals surface area contributed by atoms with Gasteiger partial charge in [0, 0.05) is 22.5 Å². The number of amides is 1. The smallest absolute Gasteiger partial charge is 0.341 e. The van der Waals surface area contributed by atoms with E-state index < -0.39 is 17.3 Å². The number of fused-ring (bicyclic) bond motifs is 1. The van der Waals surface area contributed by atoms with Crippen molar-refractivity contribution in [2.24, 2.45) is 0 Å². The molecule has 1 N–H and O–H groups in total. The second-order valence-electron chi connectivity index (χ2n) is 7.41. The van der Waals surface area contributed by atoms with E-state index in [4.69, 9.17) is 21.1 Å². The van der Waals surface area contributed by atoms with E-state index in [0.717, 1.165) is 16.9 Å². The van der Waals surface area contributed by atoms with Crippen LogP contribution in [0.25, 0.3) is 22.0 Å². The monoisotopic (exact) mass is 511 g/mol. The van der Waals surface area contributed by atoms with Gasteiger partial charge in [-0.3, -0.25) is 14.3 Å². The number of nitrogens with zero attached hydrogens (tertiary/aromatic N) is 2. The normalized spacial score (nSPS) is 10.9. The summed E-state index contributed by atoms with van der Waals surface area (Å²) in [5, 5.41) is 9.63. The van der Waals surface area contributed by atoms with Crippen LogP contribution in [0, 0.1) is 0 Å². The summed E-state index contributed by atoms with van der Waals surface area (Å²) in [5.74, 6) is -0.642. The van der Waals surface area contributed by atoms with Gasteiger partial charge in [-0.15, -0.1) is 11.3 Å². The molecule has 35 heavy (non-hydrogen) atoms. The van der Waals surface area contributed by atoms with Crippen molar-refractivity contribution in [2.45, 2.75) is 20.4 Å². The molecule has 2 aromatic heterocycles. The van der Waals surface area contributed by atoms with Crippen LogP contribution in [0.1, 0.15) is 34.7 Å². The van der Waals surface area contributed by atoms with E-state index in [1.807, 2.05) is 19.1 Å². The summed E-state index contributed by atoms with van der Waals surface area (Å²) in [6.45, 7) is 4.16. The van der Waals surface area contributed by atoms with Crippen molar-refractivity contribution in [2.75, 3.05) is 19.0 Å². The number of ether oxygens (including phenoxy) is 2. The molecule has 0 bridgehead atoms. The van der Waals surface area contributed by atoms with Crippen LogP contribution in [-0.2, 0) is 11.3 Å². The van der Waals surface area contributed by atoms with Gasteiger partial charge in [0.2, 0.25) is 5.43 Å². The zero-order valence-corrected chi connectivity index (χ0v) is 20.8. The topological polar surface area (TPSA) is 99.5 Å². The molecule has 0 aliphatic heterocycles. The Morgan fingerprint density at radius 3 is 2.54 bits per heavy atom. The van der Waals surface area contributed by atoms with Crippen LogP contribution in [0.2, 0.25) is 5.02 Å². The van der Waals surface area contributed by atoms with Crippen LogP contribution in [0.5, 0.6) is 5.75 Å². The molecule has 0 unspecified atom stereocenters. The number of aromatic nitrogens is 2. The number of carbonyl (C=O) groups excluding carboxylic acids is 2. The minimum atomic E-state index is -0.729. The summed E-state index contributed by atoms with van der Waals surface area (Å²) in [4.78, 5) is 39.2. The van der Waals surface area contributed by atoms with E-state index in [2.05, 4.69) is 10.4 Å². The van der Waals surface area contributed by atoms with E-state index in [1.165, 1.54) is 6.07 Å². The SMILES string of the molecule is CCOC(=O)c1c(-c2ccc(OC)cc2)csc1NC(=O)c1nn(CC)c2ccc(Cl)cc2c1=O. The number of nitrogens with one attached hydrogen (secondary N) is 1. The van der Waals surface area contributed by atoms with Crippen molar-refractivity contribution in [3.05, 3.63) is 74.3 Å². The molecule has 4 aromatic rings. The van der Waals surface area contributed by atoms with Crippen molar-refractivity contribution in [3.63, 3.8) is 0 Å². The third-order valence-corrected chi connectivity index (χ3v) is 6.46. The number of carbonyl (C=O) groups is 2. The first kappa shape index (κ1) is 24.4. The molecule has 0 spiro atoms. The molecule has 0 fully saturated rings. The highest BCUT2D eigenvalue weighted by molar-refractivity contribution is 7.15. The highest BCUT2D eigenvalue weighted by atomic mass is 35.5. The van der Waals surface area contributed by atoms with Gasteiger partial charge in [0.05, 0.1) is 24.6 Å². The fraction of sp³-hybridized carbons (Fsp3) is 0.200. The summed E-state index contributed by atoms with van der Waals surface area (Å²) in [6.07, 6.45) is 0. The summed E-state index contributed by atoms with van der Waals surface area (Å²) >= 11 is 7.24. The lowest BCUT2D eigenvalue weighted by Crippen LogP contribution is -2.27. The quantitative estimate of drug-likeness (QED) is 0.341. The number of methoxy groups -OCH3 is 1. The molecule has 2 heterocycles. The number of rotatable bonds is 7. The molecule has 10 heteroatoms. The lowest BCUT2D eigenvalue weighted by Gasteiger charge is -2.11. The Hall–Kier alpha value is -3.69.